The highest BCUT2D eigenvalue weighted by atomic mass is 32.1. The van der Waals surface area contributed by atoms with Gasteiger partial charge in [-0.15, -0.1) is 0 Å². The summed E-state index contributed by atoms with van der Waals surface area (Å²) in [5.74, 6) is 1.42. The van der Waals surface area contributed by atoms with Crippen molar-refractivity contribution in [2.45, 2.75) is 6.42 Å². The summed E-state index contributed by atoms with van der Waals surface area (Å²) in [6.07, 6.45) is -0.0664. The molecule has 0 radical (unpaired) electrons. The summed E-state index contributed by atoms with van der Waals surface area (Å²) >= 11 is 1.07. The number of rotatable bonds is 6. The normalized spacial score (nSPS) is 17.4. The number of anilines is 2. The first kappa shape index (κ1) is 20.1. The number of amides is 1. The van der Waals surface area contributed by atoms with Crippen LogP contribution in [-0.4, -0.2) is 29.3 Å². The van der Waals surface area contributed by atoms with Crippen molar-refractivity contribution in [3.63, 3.8) is 0 Å². The number of thiophene rings is 1. The number of hydrogen-bond donors (Lipinski definition) is 4. The Labute approximate surface area is 186 Å². The lowest BCUT2D eigenvalue weighted by Crippen LogP contribution is -2.16. The minimum atomic E-state index is -0.990. The number of hydrogen-bond acceptors (Lipinski definition) is 9. The number of aliphatic hydroxyl groups excluding tert-OH is 1. The van der Waals surface area contributed by atoms with Crippen LogP contribution >= 0.6 is 11.3 Å². The molecule has 1 aliphatic rings. The Kier molecular flexibility index (Phi) is 4.84. The second-order valence-corrected chi connectivity index (χ2v) is 8.66. The SMILES string of the molecule is N#Cc1c(NC[C@@H]2C[C@H]2CO)nc2sc(OC(N)=O)c(N)c2c1-c1cc2ccccc2o1. The summed E-state index contributed by atoms with van der Waals surface area (Å²) < 4.78 is 11.1. The zero-order valence-electron chi connectivity index (χ0n) is 16.8. The number of primary amides is 1. The standard InChI is InChI=1S/C22H19N5O4S/c23-7-13-16(15-6-10-3-1-2-4-14(10)30-15)17-18(24)21(31-22(25)29)32-20(17)27-19(13)26-8-11-5-12(11)9-28/h1-4,6,11-12,28H,5,8-9,24H2,(H2,25,29)(H,26,27)/t11-,12-/m0/s1. The van der Waals surface area contributed by atoms with Gasteiger partial charge in [-0.2, -0.15) is 5.26 Å². The zero-order chi connectivity index (χ0) is 22.4. The fourth-order valence-corrected chi connectivity index (χ4v) is 4.86. The Morgan fingerprint density at radius 3 is 2.91 bits per heavy atom. The quantitative estimate of drug-likeness (QED) is 0.347. The van der Waals surface area contributed by atoms with Gasteiger partial charge in [-0.3, -0.25) is 0 Å². The van der Waals surface area contributed by atoms with Crippen molar-refractivity contribution in [2.24, 2.45) is 17.6 Å². The van der Waals surface area contributed by atoms with Crippen LogP contribution in [0.25, 0.3) is 32.5 Å². The minimum Gasteiger partial charge on any atom is -0.456 e. The third-order valence-electron chi connectivity index (χ3n) is 5.65. The first-order valence-corrected chi connectivity index (χ1v) is 10.8. The van der Waals surface area contributed by atoms with Crippen molar-refractivity contribution in [3.8, 4) is 22.5 Å². The number of carbonyl (C=O) groups excluding carboxylic acids is 1. The van der Waals surface area contributed by atoms with E-state index >= 15 is 0 Å². The van der Waals surface area contributed by atoms with Crippen molar-refractivity contribution < 1.29 is 19.1 Å². The maximum Gasteiger partial charge on any atom is 0.410 e. The molecule has 162 valence electrons. The molecule has 9 nitrogen and oxygen atoms in total. The Morgan fingerprint density at radius 1 is 1.41 bits per heavy atom. The average molecular weight is 449 g/mol. The molecule has 1 aromatic carbocycles. The van der Waals surface area contributed by atoms with Gasteiger partial charge in [0.2, 0.25) is 5.06 Å². The number of nitrogen functional groups attached to an aromatic ring is 1. The Hall–Kier alpha value is -3.81. The lowest BCUT2D eigenvalue weighted by atomic mass is 10.0. The lowest BCUT2D eigenvalue weighted by molar-refractivity contribution is 0.212. The molecule has 10 heteroatoms. The third kappa shape index (κ3) is 3.37. The molecule has 3 aromatic heterocycles. The molecule has 0 aliphatic heterocycles. The highest BCUT2D eigenvalue weighted by molar-refractivity contribution is 7.21. The molecule has 32 heavy (non-hydrogen) atoms. The van der Waals surface area contributed by atoms with Crippen molar-refractivity contribution in [3.05, 3.63) is 35.9 Å². The summed E-state index contributed by atoms with van der Waals surface area (Å²) in [4.78, 5) is 16.4. The van der Waals surface area contributed by atoms with E-state index in [-0.39, 0.29) is 28.8 Å². The van der Waals surface area contributed by atoms with Gasteiger partial charge in [-0.05, 0) is 30.4 Å². The molecule has 1 saturated carbocycles. The minimum absolute atomic E-state index is 0.112. The number of para-hydroxylation sites is 1. The first-order chi connectivity index (χ1) is 15.5. The van der Waals surface area contributed by atoms with Crippen molar-refractivity contribution in [1.82, 2.24) is 4.98 Å². The fourth-order valence-electron chi connectivity index (χ4n) is 3.90. The number of pyridine rings is 1. The lowest BCUT2D eigenvalue weighted by Gasteiger charge is -2.11. The van der Waals surface area contributed by atoms with E-state index in [2.05, 4.69) is 16.4 Å². The van der Waals surface area contributed by atoms with Crippen LogP contribution in [0, 0.1) is 23.2 Å². The number of aromatic nitrogens is 1. The van der Waals surface area contributed by atoms with Gasteiger partial charge >= 0.3 is 6.09 Å². The Morgan fingerprint density at radius 2 is 2.22 bits per heavy atom. The molecule has 0 saturated heterocycles. The number of nitrogens with one attached hydrogen (secondary N) is 1. The van der Waals surface area contributed by atoms with Crippen LogP contribution in [0.4, 0.5) is 16.3 Å². The molecule has 0 spiro atoms. The largest absolute Gasteiger partial charge is 0.456 e. The number of aliphatic hydroxyl groups is 1. The van der Waals surface area contributed by atoms with E-state index in [0.29, 0.717) is 45.4 Å². The highest BCUT2D eigenvalue weighted by Crippen LogP contribution is 2.48. The maximum absolute atomic E-state index is 11.3. The topological polar surface area (TPSA) is 160 Å². The average Bonchev–Trinajstić information content (AvgIpc) is 3.30. The summed E-state index contributed by atoms with van der Waals surface area (Å²) in [7, 11) is 0. The molecule has 1 fully saturated rings. The van der Waals surface area contributed by atoms with Gasteiger partial charge in [0.15, 0.2) is 0 Å². The van der Waals surface area contributed by atoms with Gasteiger partial charge in [0.05, 0.1) is 16.6 Å². The molecule has 5 rings (SSSR count). The number of fused-ring (bicyclic) bond motifs is 2. The molecule has 6 N–H and O–H groups in total. The number of nitriles is 1. The van der Waals surface area contributed by atoms with Crippen molar-refractivity contribution in [2.75, 3.05) is 24.2 Å². The molecular weight excluding hydrogens is 430 g/mol. The van der Waals surface area contributed by atoms with Gasteiger partial charge in [0, 0.05) is 18.5 Å². The number of ether oxygens (including phenoxy) is 1. The number of benzene rings is 1. The molecule has 0 bridgehead atoms. The molecule has 1 amide bonds. The van der Waals surface area contributed by atoms with Crippen LogP contribution in [0.3, 0.4) is 0 Å². The number of nitrogens with two attached hydrogens (primary N) is 2. The maximum atomic E-state index is 11.3. The van der Waals surface area contributed by atoms with Crippen LogP contribution in [0.2, 0.25) is 0 Å². The van der Waals surface area contributed by atoms with Gasteiger partial charge in [-0.1, -0.05) is 29.5 Å². The first-order valence-electron chi connectivity index (χ1n) is 9.97. The van der Waals surface area contributed by atoms with E-state index in [9.17, 15) is 15.2 Å². The molecule has 2 atom stereocenters. The fraction of sp³-hybridized carbons (Fsp3) is 0.227. The van der Waals surface area contributed by atoms with Crippen molar-refractivity contribution in [1.29, 1.82) is 5.26 Å². The summed E-state index contributed by atoms with van der Waals surface area (Å²) in [5, 5.41) is 24.1. The van der Waals surface area contributed by atoms with Crippen LogP contribution in [0.5, 0.6) is 5.06 Å². The highest BCUT2D eigenvalue weighted by Gasteiger charge is 2.36. The van der Waals surface area contributed by atoms with E-state index in [1.807, 2.05) is 30.3 Å². The predicted molar refractivity (Wildman–Crippen MR) is 121 cm³/mol. The van der Waals surface area contributed by atoms with Gasteiger partial charge in [-0.25, -0.2) is 9.78 Å². The number of furan rings is 1. The number of nitrogens with zero attached hydrogens (tertiary/aromatic N) is 2. The molecular formula is C22H19N5O4S. The van der Waals surface area contributed by atoms with Crippen LogP contribution < -0.4 is 21.5 Å². The van der Waals surface area contributed by atoms with E-state index in [4.69, 9.17) is 20.6 Å². The molecule has 4 aromatic rings. The summed E-state index contributed by atoms with van der Waals surface area (Å²) in [6.45, 7) is 0.715. The Balaban J connectivity index is 1.71. The molecule has 3 heterocycles. The zero-order valence-corrected chi connectivity index (χ0v) is 17.6. The third-order valence-corrected chi connectivity index (χ3v) is 6.63. The number of carbonyl (C=O) groups is 1. The Bertz CT molecular complexity index is 1370. The van der Waals surface area contributed by atoms with Crippen LogP contribution in [0.15, 0.2) is 34.7 Å². The molecule has 0 unspecified atom stereocenters. The summed E-state index contributed by atoms with van der Waals surface area (Å²) in [6, 6.07) is 11.6. The van der Waals surface area contributed by atoms with Crippen molar-refractivity contribution >= 4 is 50.1 Å². The second-order valence-electron chi connectivity index (χ2n) is 7.69. The van der Waals surface area contributed by atoms with E-state index in [1.165, 1.54) is 0 Å². The second kappa shape index (κ2) is 7.71. The van der Waals surface area contributed by atoms with Gasteiger partial charge in [0.25, 0.3) is 0 Å². The molecule has 1 aliphatic carbocycles. The summed E-state index contributed by atoms with van der Waals surface area (Å²) in [5.41, 5.74) is 13.1. The van der Waals surface area contributed by atoms with Gasteiger partial charge < -0.3 is 31.0 Å². The van der Waals surface area contributed by atoms with E-state index < -0.39 is 6.09 Å². The predicted octanol–water partition coefficient (Wildman–Crippen LogP) is 3.66. The monoisotopic (exact) mass is 449 g/mol. The van der Waals surface area contributed by atoms with E-state index in [1.54, 1.807) is 0 Å². The van der Waals surface area contributed by atoms with Crippen LogP contribution in [-0.2, 0) is 0 Å². The van der Waals surface area contributed by atoms with Crippen LogP contribution in [0.1, 0.15) is 12.0 Å². The van der Waals surface area contributed by atoms with Gasteiger partial charge in [0.1, 0.15) is 33.6 Å². The van der Waals surface area contributed by atoms with E-state index in [0.717, 1.165) is 23.1 Å². The smallest absolute Gasteiger partial charge is 0.410 e.